The van der Waals surface area contributed by atoms with Crippen molar-refractivity contribution in [2.75, 3.05) is 5.32 Å². The Balaban J connectivity index is 2.17. The van der Waals surface area contributed by atoms with Gasteiger partial charge in [-0.3, -0.25) is 4.79 Å². The fraction of sp³-hybridized carbons (Fsp3) is 0.316. The average Bonchev–Trinajstić information content (AvgIpc) is 2.49. The number of carbonyl (C=O) groups excluding carboxylic acids is 1. The van der Waals surface area contributed by atoms with Crippen LogP contribution >= 0.6 is 11.6 Å². The van der Waals surface area contributed by atoms with Crippen LogP contribution in [0.2, 0.25) is 0 Å². The summed E-state index contributed by atoms with van der Waals surface area (Å²) in [7, 11) is 0. The molecule has 1 amide bonds. The van der Waals surface area contributed by atoms with Crippen molar-refractivity contribution in [3.63, 3.8) is 0 Å². The van der Waals surface area contributed by atoms with E-state index in [1.807, 2.05) is 75.4 Å². The maximum atomic E-state index is 12.2. The maximum Gasteiger partial charge on any atom is 0.229 e. The number of hydrogen-bond acceptors (Lipinski definition) is 1. The summed E-state index contributed by atoms with van der Waals surface area (Å²) in [6.07, 6.45) is 0.673. The molecule has 1 N–H and O–H groups in total. The van der Waals surface area contributed by atoms with Gasteiger partial charge >= 0.3 is 0 Å². The first-order valence-corrected chi connectivity index (χ1v) is 7.90. The molecule has 0 aliphatic heterocycles. The zero-order valence-corrected chi connectivity index (χ0v) is 14.0. The molecule has 2 aromatic rings. The molecule has 0 aliphatic rings. The number of benzene rings is 2. The molecule has 1 unspecified atom stereocenters. The smallest absolute Gasteiger partial charge is 0.229 e. The van der Waals surface area contributed by atoms with E-state index in [0.717, 1.165) is 16.8 Å². The standard InChI is InChI=1S/C19H22ClNO/c1-19(2,3)18(22)21-17-12-8-7-11-15(17)13-16(20)14-9-5-4-6-10-14/h4-12,16H,13H2,1-3H3,(H,21,22). The maximum absolute atomic E-state index is 12.2. The van der Waals surface area contributed by atoms with Crippen LogP contribution in [0, 0.1) is 5.41 Å². The number of carbonyl (C=O) groups is 1. The number of rotatable bonds is 4. The zero-order valence-electron chi connectivity index (χ0n) is 13.3. The molecule has 0 spiro atoms. The second-order valence-electron chi connectivity index (χ2n) is 6.44. The van der Waals surface area contributed by atoms with Gasteiger partial charge in [-0.2, -0.15) is 0 Å². The normalized spacial score (nSPS) is 12.7. The molecule has 1 atom stereocenters. The zero-order chi connectivity index (χ0) is 16.2. The Bertz CT molecular complexity index is 631. The summed E-state index contributed by atoms with van der Waals surface area (Å²) < 4.78 is 0. The van der Waals surface area contributed by atoms with Crippen LogP contribution in [-0.2, 0) is 11.2 Å². The molecule has 0 fully saturated rings. The van der Waals surface area contributed by atoms with E-state index < -0.39 is 5.41 Å². The van der Waals surface area contributed by atoms with Crippen molar-refractivity contribution in [1.29, 1.82) is 0 Å². The first kappa shape index (κ1) is 16.6. The van der Waals surface area contributed by atoms with E-state index in [1.54, 1.807) is 0 Å². The molecule has 3 heteroatoms. The lowest BCUT2D eigenvalue weighted by Gasteiger charge is -2.20. The van der Waals surface area contributed by atoms with Gasteiger partial charge in [0.05, 0.1) is 5.38 Å². The third kappa shape index (κ3) is 4.35. The van der Waals surface area contributed by atoms with Crippen molar-refractivity contribution < 1.29 is 4.79 Å². The van der Waals surface area contributed by atoms with Crippen LogP contribution < -0.4 is 5.32 Å². The highest BCUT2D eigenvalue weighted by atomic mass is 35.5. The fourth-order valence-corrected chi connectivity index (χ4v) is 2.41. The van der Waals surface area contributed by atoms with Crippen LogP contribution in [0.1, 0.15) is 37.3 Å². The second kappa shape index (κ2) is 6.97. The number of para-hydroxylation sites is 1. The number of alkyl halides is 1. The summed E-state index contributed by atoms with van der Waals surface area (Å²) in [4.78, 5) is 12.2. The molecule has 0 saturated heterocycles. The van der Waals surface area contributed by atoms with E-state index in [1.165, 1.54) is 0 Å². The average molecular weight is 316 g/mol. The number of amides is 1. The number of nitrogens with one attached hydrogen (secondary N) is 1. The van der Waals surface area contributed by atoms with Crippen LogP contribution in [0.4, 0.5) is 5.69 Å². The number of hydrogen-bond donors (Lipinski definition) is 1. The molecule has 0 bridgehead atoms. The minimum absolute atomic E-state index is 0.00536. The molecule has 0 heterocycles. The van der Waals surface area contributed by atoms with Crippen LogP contribution in [0.3, 0.4) is 0 Å². The highest BCUT2D eigenvalue weighted by molar-refractivity contribution is 6.21. The van der Waals surface area contributed by atoms with E-state index >= 15 is 0 Å². The SMILES string of the molecule is CC(C)(C)C(=O)Nc1ccccc1CC(Cl)c1ccccc1. The lowest BCUT2D eigenvalue weighted by molar-refractivity contribution is -0.123. The van der Waals surface area contributed by atoms with Crippen molar-refractivity contribution >= 4 is 23.2 Å². The third-order valence-corrected chi connectivity index (χ3v) is 3.91. The van der Waals surface area contributed by atoms with Crippen LogP contribution in [0.5, 0.6) is 0 Å². The molecule has 0 radical (unpaired) electrons. The van der Waals surface area contributed by atoms with Crippen molar-refractivity contribution in [2.45, 2.75) is 32.6 Å². The lowest BCUT2D eigenvalue weighted by Crippen LogP contribution is -2.28. The monoisotopic (exact) mass is 315 g/mol. The topological polar surface area (TPSA) is 29.1 Å². The van der Waals surface area contributed by atoms with Gasteiger partial charge in [-0.25, -0.2) is 0 Å². The first-order valence-electron chi connectivity index (χ1n) is 7.46. The van der Waals surface area contributed by atoms with E-state index in [4.69, 9.17) is 11.6 Å². The van der Waals surface area contributed by atoms with E-state index in [0.29, 0.717) is 6.42 Å². The van der Waals surface area contributed by atoms with Crippen LogP contribution in [-0.4, -0.2) is 5.91 Å². The Morgan fingerprint density at radius 1 is 1.05 bits per heavy atom. The van der Waals surface area contributed by atoms with Crippen LogP contribution in [0.15, 0.2) is 54.6 Å². The summed E-state index contributed by atoms with van der Waals surface area (Å²) in [5, 5.41) is 2.89. The Kier molecular flexibility index (Phi) is 5.25. The lowest BCUT2D eigenvalue weighted by atomic mass is 9.95. The van der Waals surface area contributed by atoms with Crippen molar-refractivity contribution in [2.24, 2.45) is 5.41 Å². The van der Waals surface area contributed by atoms with Gasteiger partial charge in [0.15, 0.2) is 0 Å². The van der Waals surface area contributed by atoms with Gasteiger partial charge in [-0.05, 0) is 23.6 Å². The Morgan fingerprint density at radius 2 is 1.64 bits per heavy atom. The molecule has 2 rings (SSSR count). The quantitative estimate of drug-likeness (QED) is 0.772. The highest BCUT2D eigenvalue weighted by Gasteiger charge is 2.22. The molecule has 0 aliphatic carbocycles. The third-order valence-electron chi connectivity index (χ3n) is 3.51. The molecule has 0 saturated carbocycles. The van der Waals surface area contributed by atoms with Gasteiger partial charge in [-0.15, -0.1) is 11.6 Å². The predicted molar refractivity (Wildman–Crippen MR) is 93.3 cm³/mol. The van der Waals surface area contributed by atoms with Gasteiger partial charge in [0, 0.05) is 11.1 Å². The Morgan fingerprint density at radius 3 is 2.27 bits per heavy atom. The predicted octanol–water partition coefficient (Wildman–Crippen LogP) is 5.19. The van der Waals surface area contributed by atoms with E-state index in [9.17, 15) is 4.79 Å². The van der Waals surface area contributed by atoms with Gasteiger partial charge < -0.3 is 5.32 Å². The molecular weight excluding hydrogens is 294 g/mol. The van der Waals surface area contributed by atoms with Gasteiger partial charge in [-0.1, -0.05) is 69.3 Å². The van der Waals surface area contributed by atoms with Gasteiger partial charge in [0.25, 0.3) is 0 Å². The van der Waals surface area contributed by atoms with Crippen molar-refractivity contribution in [1.82, 2.24) is 0 Å². The molecule has 116 valence electrons. The van der Waals surface area contributed by atoms with E-state index in [-0.39, 0.29) is 11.3 Å². The summed E-state index contributed by atoms with van der Waals surface area (Å²) in [5.74, 6) is 0.00536. The number of halogens is 1. The van der Waals surface area contributed by atoms with Gasteiger partial charge in [0.1, 0.15) is 0 Å². The second-order valence-corrected chi connectivity index (χ2v) is 6.97. The molecule has 0 aromatic heterocycles. The largest absolute Gasteiger partial charge is 0.325 e. The number of anilines is 1. The van der Waals surface area contributed by atoms with Crippen molar-refractivity contribution in [3.8, 4) is 0 Å². The highest BCUT2D eigenvalue weighted by Crippen LogP contribution is 2.29. The molecule has 2 nitrogen and oxygen atoms in total. The van der Waals surface area contributed by atoms with Crippen molar-refractivity contribution in [3.05, 3.63) is 65.7 Å². The van der Waals surface area contributed by atoms with E-state index in [2.05, 4.69) is 5.32 Å². The summed E-state index contributed by atoms with van der Waals surface area (Å²) >= 11 is 6.53. The summed E-state index contributed by atoms with van der Waals surface area (Å²) in [6, 6.07) is 17.8. The Hall–Kier alpha value is -1.80. The minimum Gasteiger partial charge on any atom is -0.325 e. The summed E-state index contributed by atoms with van der Waals surface area (Å²) in [6.45, 7) is 5.71. The molecular formula is C19H22ClNO. The fourth-order valence-electron chi connectivity index (χ4n) is 2.10. The Labute approximate surface area is 137 Å². The first-order chi connectivity index (χ1) is 10.4. The van der Waals surface area contributed by atoms with Crippen LogP contribution in [0.25, 0.3) is 0 Å². The molecule has 22 heavy (non-hydrogen) atoms. The summed E-state index contributed by atoms with van der Waals surface area (Å²) in [5.41, 5.74) is 2.54. The van der Waals surface area contributed by atoms with Gasteiger partial charge in [0.2, 0.25) is 5.91 Å². The molecule has 2 aromatic carbocycles. The minimum atomic E-state index is -0.424.